The Morgan fingerprint density at radius 1 is 1.50 bits per heavy atom. The lowest BCUT2D eigenvalue weighted by Gasteiger charge is -2.18. The fourth-order valence-corrected chi connectivity index (χ4v) is 3.94. The monoisotopic (exact) mass is 279 g/mol. The van der Waals surface area contributed by atoms with Gasteiger partial charge in [-0.3, -0.25) is 10.1 Å². The maximum Gasteiger partial charge on any atom is 0.258 e. The van der Waals surface area contributed by atoms with Crippen molar-refractivity contribution < 1.29 is 4.79 Å². The van der Waals surface area contributed by atoms with Crippen LogP contribution in [-0.4, -0.2) is 16.1 Å². The van der Waals surface area contributed by atoms with Gasteiger partial charge in [0.15, 0.2) is 0 Å². The third-order valence-electron chi connectivity index (χ3n) is 3.23. The van der Waals surface area contributed by atoms with E-state index in [4.69, 9.17) is 0 Å². The van der Waals surface area contributed by atoms with Crippen LogP contribution in [0.5, 0.6) is 0 Å². The number of amides is 1. The molecule has 0 radical (unpaired) electrons. The van der Waals surface area contributed by atoms with Crippen LogP contribution in [0.1, 0.15) is 34.1 Å². The number of carbonyl (C=O) groups excluding carboxylic acids is 1. The first-order chi connectivity index (χ1) is 8.74. The third-order valence-corrected chi connectivity index (χ3v) is 4.88. The van der Waals surface area contributed by atoms with Gasteiger partial charge in [-0.25, -0.2) is 0 Å². The maximum atomic E-state index is 12.2. The smallest absolute Gasteiger partial charge is 0.258 e. The van der Waals surface area contributed by atoms with Crippen LogP contribution in [0.4, 0.5) is 5.13 Å². The lowest BCUT2D eigenvalue weighted by molar-refractivity contribution is 0.102. The lowest BCUT2D eigenvalue weighted by atomic mass is 9.88. The number of nitrogens with one attached hydrogen (secondary N) is 1. The topological polar surface area (TPSA) is 54.9 Å². The van der Waals surface area contributed by atoms with E-state index in [1.54, 1.807) is 16.8 Å². The predicted octanol–water partition coefficient (Wildman–Crippen LogP) is 2.98. The van der Waals surface area contributed by atoms with Gasteiger partial charge < -0.3 is 0 Å². The second-order valence-electron chi connectivity index (χ2n) is 4.60. The van der Waals surface area contributed by atoms with E-state index in [1.165, 1.54) is 28.2 Å². The molecular formula is C12H13N3OS2. The van der Waals surface area contributed by atoms with Crippen molar-refractivity contribution >= 4 is 33.7 Å². The number of aromatic nitrogens is 2. The summed E-state index contributed by atoms with van der Waals surface area (Å²) in [6.45, 7) is 2.27. The first-order valence-electron chi connectivity index (χ1n) is 5.91. The number of fused-ring (bicyclic) bond motifs is 1. The van der Waals surface area contributed by atoms with Crippen LogP contribution in [-0.2, 0) is 12.8 Å². The second kappa shape index (κ2) is 4.78. The molecule has 2 heterocycles. The highest BCUT2D eigenvalue weighted by atomic mass is 32.1. The SMILES string of the molecule is C[C@H]1CCc2c(C(=O)Nc3nncs3)csc2C1. The van der Waals surface area contributed by atoms with E-state index >= 15 is 0 Å². The summed E-state index contributed by atoms with van der Waals surface area (Å²) in [7, 11) is 0. The molecule has 1 aliphatic rings. The number of rotatable bonds is 2. The van der Waals surface area contributed by atoms with Crippen molar-refractivity contribution in [3.63, 3.8) is 0 Å². The Hall–Kier alpha value is -1.27. The van der Waals surface area contributed by atoms with Crippen molar-refractivity contribution in [3.05, 3.63) is 26.9 Å². The number of hydrogen-bond acceptors (Lipinski definition) is 5. The minimum absolute atomic E-state index is 0.0567. The van der Waals surface area contributed by atoms with Gasteiger partial charge in [-0.1, -0.05) is 18.3 Å². The molecule has 1 aliphatic carbocycles. The number of carbonyl (C=O) groups is 1. The largest absolute Gasteiger partial charge is 0.296 e. The molecule has 6 heteroatoms. The zero-order valence-corrected chi connectivity index (χ0v) is 11.6. The van der Waals surface area contributed by atoms with Crippen LogP contribution in [0.2, 0.25) is 0 Å². The standard InChI is InChI=1S/C12H13N3OS2/c1-7-2-3-8-9(5-17-10(8)4-7)11(16)14-12-15-13-6-18-12/h5-7H,2-4H2,1H3,(H,14,15,16)/t7-/m0/s1. The van der Waals surface area contributed by atoms with Crippen LogP contribution in [0.15, 0.2) is 10.9 Å². The highest BCUT2D eigenvalue weighted by Gasteiger charge is 2.23. The van der Waals surface area contributed by atoms with E-state index in [1.807, 2.05) is 5.38 Å². The molecule has 0 spiro atoms. The quantitative estimate of drug-likeness (QED) is 0.919. The summed E-state index contributed by atoms with van der Waals surface area (Å²) in [5, 5.41) is 12.9. The van der Waals surface area contributed by atoms with Gasteiger partial charge in [-0.15, -0.1) is 21.5 Å². The molecule has 0 aromatic carbocycles. The number of nitrogens with zero attached hydrogens (tertiary/aromatic N) is 2. The first kappa shape index (κ1) is 11.8. The van der Waals surface area contributed by atoms with Crippen molar-refractivity contribution in [3.8, 4) is 0 Å². The number of hydrogen-bond donors (Lipinski definition) is 1. The summed E-state index contributed by atoms with van der Waals surface area (Å²) in [6, 6.07) is 0. The highest BCUT2D eigenvalue weighted by molar-refractivity contribution is 7.13. The summed E-state index contributed by atoms with van der Waals surface area (Å²) in [5.74, 6) is 0.675. The Labute approximate surface area is 113 Å². The molecule has 3 rings (SSSR count). The molecular weight excluding hydrogens is 266 g/mol. The molecule has 1 N–H and O–H groups in total. The summed E-state index contributed by atoms with van der Waals surface area (Å²) in [4.78, 5) is 13.5. The van der Waals surface area contributed by atoms with Gasteiger partial charge in [0.25, 0.3) is 5.91 Å². The van der Waals surface area contributed by atoms with Crippen molar-refractivity contribution in [1.29, 1.82) is 0 Å². The predicted molar refractivity (Wildman–Crippen MR) is 73.4 cm³/mol. The molecule has 0 saturated heterocycles. The first-order valence-corrected chi connectivity index (χ1v) is 7.66. The Kier molecular flexibility index (Phi) is 3.13. The van der Waals surface area contributed by atoms with Crippen molar-refractivity contribution in [2.45, 2.75) is 26.2 Å². The highest BCUT2D eigenvalue weighted by Crippen LogP contribution is 2.33. The molecule has 2 aromatic heterocycles. The Balaban J connectivity index is 1.82. The molecule has 0 saturated carbocycles. The van der Waals surface area contributed by atoms with E-state index in [-0.39, 0.29) is 5.91 Å². The Morgan fingerprint density at radius 3 is 3.17 bits per heavy atom. The maximum absolute atomic E-state index is 12.2. The normalized spacial score (nSPS) is 18.4. The zero-order chi connectivity index (χ0) is 12.5. The minimum Gasteiger partial charge on any atom is -0.296 e. The van der Waals surface area contributed by atoms with E-state index < -0.39 is 0 Å². The van der Waals surface area contributed by atoms with Gasteiger partial charge in [0.1, 0.15) is 5.51 Å². The van der Waals surface area contributed by atoms with Crippen molar-refractivity contribution in [2.24, 2.45) is 5.92 Å². The van der Waals surface area contributed by atoms with Gasteiger partial charge in [0.2, 0.25) is 5.13 Å². The second-order valence-corrected chi connectivity index (χ2v) is 6.39. The molecule has 94 valence electrons. The average molecular weight is 279 g/mol. The lowest BCUT2D eigenvalue weighted by Crippen LogP contribution is -2.16. The molecule has 0 fully saturated rings. The van der Waals surface area contributed by atoms with Crippen LogP contribution < -0.4 is 5.32 Å². The van der Waals surface area contributed by atoms with Gasteiger partial charge in [-0.2, -0.15) is 0 Å². The molecule has 0 aliphatic heterocycles. The summed E-state index contributed by atoms with van der Waals surface area (Å²) < 4.78 is 0. The van der Waals surface area contributed by atoms with Crippen molar-refractivity contribution in [1.82, 2.24) is 10.2 Å². The summed E-state index contributed by atoms with van der Waals surface area (Å²) in [6.07, 6.45) is 3.29. The fraction of sp³-hybridized carbons (Fsp3) is 0.417. The van der Waals surface area contributed by atoms with E-state index in [0.717, 1.165) is 24.3 Å². The van der Waals surface area contributed by atoms with Crippen molar-refractivity contribution in [2.75, 3.05) is 5.32 Å². The molecule has 1 amide bonds. The minimum atomic E-state index is -0.0567. The molecule has 4 nitrogen and oxygen atoms in total. The van der Waals surface area contributed by atoms with Crippen LogP contribution in [0, 0.1) is 5.92 Å². The van der Waals surface area contributed by atoms with Gasteiger partial charge in [0, 0.05) is 10.3 Å². The average Bonchev–Trinajstić information content (AvgIpc) is 2.97. The fourth-order valence-electron chi connectivity index (χ4n) is 2.26. The van der Waals surface area contributed by atoms with E-state index in [2.05, 4.69) is 22.4 Å². The van der Waals surface area contributed by atoms with Gasteiger partial charge in [-0.05, 0) is 30.7 Å². The van der Waals surface area contributed by atoms with Crippen LogP contribution in [0.25, 0.3) is 0 Å². The number of anilines is 1. The molecule has 0 unspecified atom stereocenters. The molecule has 0 bridgehead atoms. The summed E-state index contributed by atoms with van der Waals surface area (Å²) in [5.41, 5.74) is 3.66. The van der Waals surface area contributed by atoms with Gasteiger partial charge >= 0.3 is 0 Å². The number of thiophene rings is 1. The molecule has 1 atom stereocenters. The zero-order valence-electron chi connectivity index (χ0n) is 9.97. The van der Waals surface area contributed by atoms with E-state index in [0.29, 0.717) is 5.13 Å². The Morgan fingerprint density at radius 2 is 2.39 bits per heavy atom. The van der Waals surface area contributed by atoms with Gasteiger partial charge in [0.05, 0.1) is 5.56 Å². The molecule has 18 heavy (non-hydrogen) atoms. The summed E-state index contributed by atoms with van der Waals surface area (Å²) >= 11 is 3.04. The Bertz CT molecular complexity index is 562. The van der Waals surface area contributed by atoms with E-state index in [9.17, 15) is 4.79 Å². The van der Waals surface area contributed by atoms with Crippen LogP contribution in [0.3, 0.4) is 0 Å². The van der Waals surface area contributed by atoms with Crippen LogP contribution >= 0.6 is 22.7 Å². The molecule has 2 aromatic rings. The third kappa shape index (κ3) is 2.18.